The van der Waals surface area contributed by atoms with Crippen LogP contribution in [0, 0.1) is 18.8 Å². The third-order valence-corrected chi connectivity index (χ3v) is 9.57. The van der Waals surface area contributed by atoms with Gasteiger partial charge in [0, 0.05) is 45.0 Å². The summed E-state index contributed by atoms with van der Waals surface area (Å²) in [6.07, 6.45) is 6.77. The Morgan fingerprint density at radius 3 is 2.00 bits per heavy atom. The fraction of sp³-hybridized carbons (Fsp3) is 0.588. The first-order chi connectivity index (χ1) is 18.8. The van der Waals surface area contributed by atoms with Crippen LogP contribution in [0.5, 0.6) is 0 Å². The number of anilines is 1. The molecule has 0 aliphatic heterocycles. The molecular weight excluding hydrogens is 494 g/mol. The standard InChI is InChI=1S/C34H51N5O/c1-23-18-29-30(34(4,5)17-16-33(29,2)3)19-27(23)22-39(31(40)26-12-14-28(15-13-26)38(6)7)21-25-10-8-24(9-11-25)20-37-32(35)36/h12-15,18-19,24-25H,8-11,16-17,20-22H2,1-7H3,(H4,35,36,37). The van der Waals surface area contributed by atoms with Crippen LogP contribution in [-0.4, -0.2) is 44.0 Å². The van der Waals surface area contributed by atoms with Gasteiger partial charge >= 0.3 is 0 Å². The fourth-order valence-corrected chi connectivity index (χ4v) is 6.59. The highest BCUT2D eigenvalue weighted by Crippen LogP contribution is 2.46. The van der Waals surface area contributed by atoms with E-state index in [0.717, 1.165) is 43.5 Å². The van der Waals surface area contributed by atoms with Crippen molar-refractivity contribution in [3.05, 3.63) is 64.2 Å². The van der Waals surface area contributed by atoms with E-state index in [0.29, 0.717) is 24.9 Å². The Bertz CT molecular complexity index is 1220. The molecule has 6 nitrogen and oxygen atoms in total. The lowest BCUT2D eigenvalue weighted by molar-refractivity contribution is 0.0690. The maximum Gasteiger partial charge on any atom is 0.254 e. The molecule has 0 radical (unpaired) electrons. The zero-order valence-corrected chi connectivity index (χ0v) is 25.9. The van der Waals surface area contributed by atoms with Crippen molar-refractivity contribution in [2.24, 2.45) is 28.3 Å². The number of hydrogen-bond acceptors (Lipinski definition) is 3. The van der Waals surface area contributed by atoms with Crippen molar-refractivity contribution in [1.29, 1.82) is 0 Å². The molecule has 4 N–H and O–H groups in total. The Hall–Kier alpha value is -3.02. The molecule has 1 amide bonds. The van der Waals surface area contributed by atoms with Gasteiger partial charge in [0.05, 0.1) is 0 Å². The SMILES string of the molecule is Cc1cc2c(cc1CN(CC1CCC(CN=C(N)N)CC1)C(=O)c1ccc(N(C)C)cc1)C(C)(C)CCC2(C)C. The van der Waals surface area contributed by atoms with E-state index in [1.54, 1.807) is 0 Å². The number of nitrogens with two attached hydrogens (primary N) is 2. The van der Waals surface area contributed by atoms with Crippen molar-refractivity contribution in [2.75, 3.05) is 32.1 Å². The predicted molar refractivity (Wildman–Crippen MR) is 168 cm³/mol. The molecule has 0 bridgehead atoms. The summed E-state index contributed by atoms with van der Waals surface area (Å²) in [5.41, 5.74) is 18.8. The molecule has 1 saturated carbocycles. The number of carbonyl (C=O) groups excluding carboxylic acids is 1. The molecule has 0 heterocycles. The molecule has 0 spiro atoms. The Balaban J connectivity index is 1.60. The third-order valence-electron chi connectivity index (χ3n) is 9.57. The summed E-state index contributed by atoms with van der Waals surface area (Å²) in [6, 6.07) is 12.9. The normalized spacial score (nSPS) is 21.3. The van der Waals surface area contributed by atoms with Gasteiger partial charge in [-0.1, -0.05) is 39.8 Å². The first-order valence-electron chi connectivity index (χ1n) is 15.0. The van der Waals surface area contributed by atoms with E-state index in [2.05, 4.69) is 61.5 Å². The number of nitrogens with zero attached hydrogens (tertiary/aromatic N) is 3. The molecular formula is C34H51N5O. The van der Waals surface area contributed by atoms with Gasteiger partial charge < -0.3 is 21.3 Å². The van der Waals surface area contributed by atoms with Gasteiger partial charge in [0.15, 0.2) is 5.96 Å². The van der Waals surface area contributed by atoms with E-state index in [1.165, 1.54) is 35.1 Å². The van der Waals surface area contributed by atoms with Crippen molar-refractivity contribution >= 4 is 17.6 Å². The summed E-state index contributed by atoms with van der Waals surface area (Å²) in [6.45, 7) is 13.8. The van der Waals surface area contributed by atoms with Crippen LogP contribution in [0.4, 0.5) is 5.69 Å². The van der Waals surface area contributed by atoms with Crippen LogP contribution in [0.15, 0.2) is 41.4 Å². The van der Waals surface area contributed by atoms with Crippen molar-refractivity contribution in [2.45, 2.75) is 90.5 Å². The number of fused-ring (bicyclic) bond motifs is 1. The van der Waals surface area contributed by atoms with Crippen LogP contribution in [0.3, 0.4) is 0 Å². The van der Waals surface area contributed by atoms with Crippen LogP contribution in [0.25, 0.3) is 0 Å². The molecule has 2 aliphatic rings. The molecule has 0 saturated heterocycles. The van der Waals surface area contributed by atoms with E-state index in [9.17, 15) is 4.79 Å². The smallest absolute Gasteiger partial charge is 0.254 e. The molecule has 0 atom stereocenters. The van der Waals surface area contributed by atoms with Crippen molar-refractivity contribution in [3.63, 3.8) is 0 Å². The second-order valence-electron chi connectivity index (χ2n) is 13.9. The van der Waals surface area contributed by atoms with Gasteiger partial charge in [-0.3, -0.25) is 9.79 Å². The van der Waals surface area contributed by atoms with Gasteiger partial charge in [0.2, 0.25) is 0 Å². The Labute approximate surface area is 242 Å². The minimum atomic E-state index is 0.115. The molecule has 0 unspecified atom stereocenters. The zero-order chi connectivity index (χ0) is 29.2. The summed E-state index contributed by atoms with van der Waals surface area (Å²) in [5, 5.41) is 0. The van der Waals surface area contributed by atoms with E-state index in [-0.39, 0.29) is 22.7 Å². The van der Waals surface area contributed by atoms with Crippen LogP contribution in [0.2, 0.25) is 0 Å². The summed E-state index contributed by atoms with van der Waals surface area (Å²) in [7, 11) is 4.04. The highest BCUT2D eigenvalue weighted by Gasteiger charge is 2.37. The first-order valence-corrected chi connectivity index (χ1v) is 15.0. The van der Waals surface area contributed by atoms with Crippen molar-refractivity contribution in [1.82, 2.24) is 4.90 Å². The maximum atomic E-state index is 14.0. The molecule has 2 aromatic rings. The average Bonchev–Trinajstić information content (AvgIpc) is 2.91. The summed E-state index contributed by atoms with van der Waals surface area (Å²) in [5.74, 6) is 1.29. The number of amides is 1. The Kier molecular flexibility index (Phi) is 8.86. The maximum absolute atomic E-state index is 14.0. The van der Waals surface area contributed by atoms with Crippen molar-refractivity contribution in [3.8, 4) is 0 Å². The first kappa shape index (κ1) is 30.0. The number of rotatable bonds is 8. The van der Waals surface area contributed by atoms with Crippen LogP contribution >= 0.6 is 0 Å². The number of hydrogen-bond donors (Lipinski definition) is 2. The fourth-order valence-electron chi connectivity index (χ4n) is 6.59. The largest absolute Gasteiger partial charge is 0.378 e. The van der Waals surface area contributed by atoms with Gasteiger partial charge in [-0.25, -0.2) is 0 Å². The van der Waals surface area contributed by atoms with E-state index in [4.69, 9.17) is 11.5 Å². The zero-order valence-electron chi connectivity index (χ0n) is 25.9. The Morgan fingerprint density at radius 2 is 1.45 bits per heavy atom. The van der Waals surface area contributed by atoms with Gasteiger partial charge in [-0.15, -0.1) is 0 Å². The van der Waals surface area contributed by atoms with Gasteiger partial charge in [-0.2, -0.15) is 0 Å². The second kappa shape index (κ2) is 11.8. The lowest BCUT2D eigenvalue weighted by Gasteiger charge is -2.42. The van der Waals surface area contributed by atoms with Gasteiger partial charge in [-0.05, 0) is 115 Å². The quantitative estimate of drug-likeness (QED) is 0.308. The van der Waals surface area contributed by atoms with Crippen molar-refractivity contribution < 1.29 is 4.79 Å². The van der Waals surface area contributed by atoms with Gasteiger partial charge in [0.1, 0.15) is 0 Å². The van der Waals surface area contributed by atoms with Crippen LogP contribution < -0.4 is 16.4 Å². The lowest BCUT2D eigenvalue weighted by atomic mass is 9.62. The number of aliphatic imine (C=N–C) groups is 1. The average molecular weight is 546 g/mol. The number of guanidine groups is 1. The molecule has 4 rings (SSSR count). The molecule has 1 fully saturated rings. The summed E-state index contributed by atoms with van der Waals surface area (Å²) in [4.78, 5) is 22.5. The molecule has 0 aromatic heterocycles. The molecule has 40 heavy (non-hydrogen) atoms. The predicted octanol–water partition coefficient (Wildman–Crippen LogP) is 6.13. The molecule has 2 aromatic carbocycles. The summed E-state index contributed by atoms with van der Waals surface area (Å²) < 4.78 is 0. The number of benzene rings is 2. The number of carbonyl (C=O) groups is 1. The monoisotopic (exact) mass is 545 g/mol. The number of aryl methyl sites for hydroxylation is 1. The lowest BCUT2D eigenvalue weighted by Crippen LogP contribution is -2.37. The van der Waals surface area contributed by atoms with E-state index >= 15 is 0 Å². The van der Waals surface area contributed by atoms with Crippen LogP contribution in [-0.2, 0) is 17.4 Å². The minimum absolute atomic E-state index is 0.115. The van der Waals surface area contributed by atoms with Crippen LogP contribution in [0.1, 0.15) is 98.8 Å². The topological polar surface area (TPSA) is 88.0 Å². The molecule has 218 valence electrons. The second-order valence-corrected chi connectivity index (χ2v) is 13.9. The minimum Gasteiger partial charge on any atom is -0.378 e. The third kappa shape index (κ3) is 6.82. The molecule has 6 heteroatoms. The van der Waals surface area contributed by atoms with Gasteiger partial charge in [0.25, 0.3) is 5.91 Å². The molecule has 2 aliphatic carbocycles. The van der Waals surface area contributed by atoms with E-state index in [1.807, 2.05) is 38.4 Å². The highest BCUT2D eigenvalue weighted by atomic mass is 16.2. The Morgan fingerprint density at radius 1 is 0.900 bits per heavy atom. The summed E-state index contributed by atoms with van der Waals surface area (Å²) >= 11 is 0. The highest BCUT2D eigenvalue weighted by molar-refractivity contribution is 5.94. The van der Waals surface area contributed by atoms with E-state index < -0.39 is 0 Å².